The monoisotopic (exact) mass is 282 g/mol. The van der Waals surface area contributed by atoms with E-state index in [2.05, 4.69) is 15.4 Å². The molecule has 7 heteroatoms. The third-order valence-electron chi connectivity index (χ3n) is 2.91. The number of rotatable bonds is 3. The van der Waals surface area contributed by atoms with Crippen LogP contribution in [-0.2, 0) is 14.3 Å². The number of hydrogen-bond donors (Lipinski definition) is 2. The van der Waals surface area contributed by atoms with Crippen molar-refractivity contribution in [3.8, 4) is 0 Å². The van der Waals surface area contributed by atoms with Crippen molar-refractivity contribution in [2.75, 3.05) is 12.4 Å². The summed E-state index contributed by atoms with van der Waals surface area (Å²) in [6.07, 6.45) is 0.825. The van der Waals surface area contributed by atoms with Gasteiger partial charge in [-0.3, -0.25) is 9.59 Å². The molecule has 2 heterocycles. The van der Waals surface area contributed by atoms with Crippen LogP contribution in [0.25, 0.3) is 0 Å². The molecule has 1 atom stereocenters. The number of ether oxygens (including phenoxy) is 1. The molecule has 1 aromatic rings. The maximum Gasteiger partial charge on any atom is 0.350 e. The molecule has 2 rings (SSSR count). The van der Waals surface area contributed by atoms with Crippen LogP contribution in [0, 0.1) is 6.92 Å². The average molecular weight is 282 g/mol. The van der Waals surface area contributed by atoms with Crippen molar-refractivity contribution in [3.05, 3.63) is 15.8 Å². The lowest BCUT2D eigenvalue weighted by molar-refractivity contribution is -0.122. The number of aryl methyl sites for hydroxylation is 1. The Morgan fingerprint density at radius 2 is 2.26 bits per heavy atom. The number of carbonyl (C=O) groups is 3. The first-order valence-corrected chi connectivity index (χ1v) is 6.67. The van der Waals surface area contributed by atoms with Crippen molar-refractivity contribution in [2.24, 2.45) is 0 Å². The highest BCUT2D eigenvalue weighted by atomic mass is 32.1. The van der Waals surface area contributed by atoms with Crippen molar-refractivity contribution in [1.29, 1.82) is 0 Å². The Kier molecular flexibility index (Phi) is 3.84. The second-order valence-electron chi connectivity index (χ2n) is 4.26. The minimum atomic E-state index is -0.530. The summed E-state index contributed by atoms with van der Waals surface area (Å²) in [5.41, 5.74) is 1.26. The maximum atomic E-state index is 12.0. The molecule has 1 saturated heterocycles. The topological polar surface area (TPSA) is 84.5 Å². The molecule has 1 aromatic heterocycles. The lowest BCUT2D eigenvalue weighted by Gasteiger charge is -2.12. The van der Waals surface area contributed by atoms with Gasteiger partial charge in [0.15, 0.2) is 0 Å². The maximum absolute atomic E-state index is 12.0. The van der Waals surface area contributed by atoms with Crippen molar-refractivity contribution in [2.45, 2.75) is 25.8 Å². The van der Waals surface area contributed by atoms with Gasteiger partial charge in [0.1, 0.15) is 10.9 Å². The van der Waals surface area contributed by atoms with Crippen LogP contribution in [0.15, 0.2) is 5.38 Å². The number of methoxy groups -OCH3 is 1. The first-order valence-electron chi connectivity index (χ1n) is 5.79. The number of carbonyl (C=O) groups excluding carboxylic acids is 3. The van der Waals surface area contributed by atoms with Gasteiger partial charge in [0, 0.05) is 6.42 Å². The highest BCUT2D eigenvalue weighted by Gasteiger charge is 2.28. The molecule has 1 aliphatic heterocycles. The Hall–Kier alpha value is -1.89. The molecule has 0 bridgehead atoms. The van der Waals surface area contributed by atoms with E-state index in [9.17, 15) is 14.4 Å². The summed E-state index contributed by atoms with van der Waals surface area (Å²) < 4.78 is 4.66. The van der Waals surface area contributed by atoms with Crippen molar-refractivity contribution in [3.63, 3.8) is 0 Å². The van der Waals surface area contributed by atoms with E-state index in [0.717, 1.165) is 5.56 Å². The van der Waals surface area contributed by atoms with Crippen LogP contribution in [-0.4, -0.2) is 30.9 Å². The Bertz CT molecular complexity index is 538. The molecule has 1 fully saturated rings. The summed E-state index contributed by atoms with van der Waals surface area (Å²) in [5, 5.41) is 7.05. The summed E-state index contributed by atoms with van der Waals surface area (Å²) in [7, 11) is 1.29. The van der Waals surface area contributed by atoms with Crippen LogP contribution in [0.4, 0.5) is 5.69 Å². The third-order valence-corrected chi connectivity index (χ3v) is 3.98. The Balaban J connectivity index is 2.14. The zero-order valence-corrected chi connectivity index (χ0v) is 11.4. The molecule has 0 aliphatic carbocycles. The predicted molar refractivity (Wildman–Crippen MR) is 70.2 cm³/mol. The van der Waals surface area contributed by atoms with Crippen LogP contribution in [0.1, 0.15) is 28.1 Å². The largest absolute Gasteiger partial charge is 0.465 e. The van der Waals surface area contributed by atoms with E-state index in [0.29, 0.717) is 23.4 Å². The molecular formula is C12H14N2O4S. The Labute approximate surface area is 114 Å². The highest BCUT2D eigenvalue weighted by molar-refractivity contribution is 7.12. The molecule has 0 unspecified atom stereocenters. The number of thiophene rings is 1. The standard InChI is InChI=1S/C12H14N2O4S/c1-6-5-19-10(12(17)18-2)9(6)14-11(16)7-3-4-8(15)13-7/h5,7H,3-4H2,1-2H3,(H,13,15)(H,14,16)/t7-/m0/s1. The Morgan fingerprint density at radius 3 is 2.84 bits per heavy atom. The predicted octanol–water partition coefficient (Wildman–Crippen LogP) is 1.06. The molecular weight excluding hydrogens is 268 g/mol. The zero-order valence-electron chi connectivity index (χ0n) is 10.6. The van der Waals surface area contributed by atoms with E-state index in [1.165, 1.54) is 18.4 Å². The van der Waals surface area contributed by atoms with Gasteiger partial charge in [0.2, 0.25) is 11.8 Å². The lowest BCUT2D eigenvalue weighted by Crippen LogP contribution is -2.37. The SMILES string of the molecule is COC(=O)c1scc(C)c1NC(=O)[C@@H]1CCC(=O)N1. The summed E-state index contributed by atoms with van der Waals surface area (Å²) in [5.74, 6) is -0.920. The van der Waals surface area contributed by atoms with Crippen molar-refractivity contribution < 1.29 is 19.1 Å². The number of esters is 1. The molecule has 19 heavy (non-hydrogen) atoms. The van der Waals surface area contributed by atoms with Crippen LogP contribution in [0.3, 0.4) is 0 Å². The molecule has 0 radical (unpaired) electrons. The second kappa shape index (κ2) is 5.40. The molecule has 0 spiro atoms. The molecule has 102 valence electrons. The van der Waals surface area contributed by atoms with Crippen LogP contribution in [0.2, 0.25) is 0 Å². The van der Waals surface area contributed by atoms with Crippen molar-refractivity contribution in [1.82, 2.24) is 5.32 Å². The lowest BCUT2D eigenvalue weighted by atomic mass is 10.2. The smallest absolute Gasteiger partial charge is 0.350 e. The fourth-order valence-corrected chi connectivity index (χ4v) is 2.79. The molecule has 2 N–H and O–H groups in total. The van der Waals surface area contributed by atoms with E-state index in [1.807, 2.05) is 0 Å². The quantitative estimate of drug-likeness (QED) is 0.812. The van der Waals surface area contributed by atoms with Crippen LogP contribution < -0.4 is 10.6 Å². The molecule has 1 aliphatic rings. The fraction of sp³-hybridized carbons (Fsp3) is 0.417. The van der Waals surface area contributed by atoms with Gasteiger partial charge in [0.25, 0.3) is 0 Å². The van der Waals surface area contributed by atoms with Gasteiger partial charge in [-0.15, -0.1) is 11.3 Å². The van der Waals surface area contributed by atoms with E-state index in [4.69, 9.17) is 0 Å². The molecule has 6 nitrogen and oxygen atoms in total. The number of hydrogen-bond acceptors (Lipinski definition) is 5. The molecule has 0 saturated carbocycles. The summed E-state index contributed by atoms with van der Waals surface area (Å²) in [6.45, 7) is 1.80. The van der Waals surface area contributed by atoms with Crippen molar-refractivity contribution >= 4 is 34.8 Å². The summed E-state index contributed by atoms with van der Waals surface area (Å²) in [6, 6.07) is -0.530. The van der Waals surface area contributed by atoms with Crippen LogP contribution in [0.5, 0.6) is 0 Å². The van der Waals surface area contributed by atoms with Gasteiger partial charge in [-0.2, -0.15) is 0 Å². The molecule has 2 amide bonds. The minimum Gasteiger partial charge on any atom is -0.465 e. The number of anilines is 1. The van der Waals surface area contributed by atoms with E-state index >= 15 is 0 Å². The number of nitrogens with one attached hydrogen (secondary N) is 2. The van der Waals surface area contributed by atoms with E-state index in [-0.39, 0.29) is 11.8 Å². The first-order chi connectivity index (χ1) is 9.02. The average Bonchev–Trinajstić information content (AvgIpc) is 2.96. The third kappa shape index (κ3) is 2.76. The molecule has 0 aromatic carbocycles. The zero-order chi connectivity index (χ0) is 14.0. The van der Waals surface area contributed by atoms with Gasteiger partial charge >= 0.3 is 5.97 Å². The van der Waals surface area contributed by atoms with Gasteiger partial charge < -0.3 is 15.4 Å². The first kappa shape index (κ1) is 13.5. The normalized spacial score (nSPS) is 18.0. The van der Waals surface area contributed by atoms with Gasteiger partial charge in [-0.05, 0) is 24.3 Å². The Morgan fingerprint density at radius 1 is 1.53 bits per heavy atom. The number of amides is 2. The fourth-order valence-electron chi connectivity index (χ4n) is 1.86. The van der Waals surface area contributed by atoms with Gasteiger partial charge in [-0.25, -0.2) is 4.79 Å². The second-order valence-corrected chi connectivity index (χ2v) is 5.14. The summed E-state index contributed by atoms with van der Waals surface area (Å²) >= 11 is 1.22. The van der Waals surface area contributed by atoms with Gasteiger partial charge in [0.05, 0.1) is 12.8 Å². The summed E-state index contributed by atoms with van der Waals surface area (Å²) in [4.78, 5) is 35.0. The van der Waals surface area contributed by atoms with Crippen LogP contribution >= 0.6 is 11.3 Å². The minimum absolute atomic E-state index is 0.129. The van der Waals surface area contributed by atoms with Gasteiger partial charge in [-0.1, -0.05) is 0 Å². The van der Waals surface area contributed by atoms with E-state index in [1.54, 1.807) is 12.3 Å². The van der Waals surface area contributed by atoms with E-state index < -0.39 is 12.0 Å². The highest BCUT2D eigenvalue weighted by Crippen LogP contribution is 2.28.